The van der Waals surface area contributed by atoms with Crippen molar-refractivity contribution in [3.63, 3.8) is 0 Å². The number of ether oxygens (including phenoxy) is 2. The Labute approximate surface area is 120 Å². The molecule has 0 amide bonds. The van der Waals surface area contributed by atoms with Crippen LogP contribution < -0.4 is 15.2 Å². The minimum atomic E-state index is -4.70. The van der Waals surface area contributed by atoms with Gasteiger partial charge in [0.15, 0.2) is 0 Å². The summed E-state index contributed by atoms with van der Waals surface area (Å²) in [4.78, 5) is 0. The molecule has 0 heterocycles. The second-order valence-corrected chi connectivity index (χ2v) is 4.37. The maximum absolute atomic E-state index is 12.1. The minimum Gasteiger partial charge on any atom is -0.497 e. The highest BCUT2D eigenvalue weighted by molar-refractivity contribution is 5.38. The Bertz CT molecular complexity index is 597. The molecule has 2 rings (SSSR count). The molecule has 3 nitrogen and oxygen atoms in total. The van der Waals surface area contributed by atoms with Gasteiger partial charge in [0.1, 0.15) is 11.5 Å². The van der Waals surface area contributed by atoms with Gasteiger partial charge in [-0.05, 0) is 35.4 Å². The molecule has 1 atom stereocenters. The van der Waals surface area contributed by atoms with Crippen LogP contribution >= 0.6 is 0 Å². The van der Waals surface area contributed by atoms with E-state index in [1.54, 1.807) is 25.3 Å². The summed E-state index contributed by atoms with van der Waals surface area (Å²) in [5.41, 5.74) is 7.58. The third kappa shape index (κ3) is 4.13. The second-order valence-electron chi connectivity index (χ2n) is 4.37. The summed E-state index contributed by atoms with van der Waals surface area (Å²) in [5, 5.41) is 0. The normalized spacial score (nSPS) is 12.8. The van der Waals surface area contributed by atoms with Crippen molar-refractivity contribution in [3.8, 4) is 11.5 Å². The third-order valence-corrected chi connectivity index (χ3v) is 2.93. The number of rotatable bonds is 4. The van der Waals surface area contributed by atoms with Crippen molar-refractivity contribution < 1.29 is 22.6 Å². The standard InChI is InChI=1S/C15H14F3NO2/c1-20-13-4-2-3-11(9-13)14(19)10-5-7-12(8-6-10)21-15(16,17)18/h2-9,14H,19H2,1H3/t14-/m1/s1. The molecule has 0 unspecified atom stereocenters. The number of benzene rings is 2. The topological polar surface area (TPSA) is 44.5 Å². The van der Waals surface area contributed by atoms with Crippen LogP contribution in [-0.2, 0) is 0 Å². The number of halogens is 3. The van der Waals surface area contributed by atoms with Crippen LogP contribution in [0.25, 0.3) is 0 Å². The third-order valence-electron chi connectivity index (χ3n) is 2.93. The second kappa shape index (κ2) is 6.05. The molecule has 0 bridgehead atoms. The molecule has 0 saturated heterocycles. The zero-order valence-corrected chi connectivity index (χ0v) is 11.2. The van der Waals surface area contributed by atoms with Gasteiger partial charge in [-0.1, -0.05) is 24.3 Å². The van der Waals surface area contributed by atoms with Crippen LogP contribution in [0, 0.1) is 0 Å². The van der Waals surface area contributed by atoms with Gasteiger partial charge in [-0.25, -0.2) is 0 Å². The molecule has 0 fully saturated rings. The molecule has 2 aromatic rings. The molecule has 21 heavy (non-hydrogen) atoms. The molecule has 0 aliphatic carbocycles. The van der Waals surface area contributed by atoms with E-state index in [0.29, 0.717) is 11.3 Å². The van der Waals surface area contributed by atoms with Gasteiger partial charge in [0.05, 0.1) is 13.2 Å². The van der Waals surface area contributed by atoms with Crippen molar-refractivity contribution in [3.05, 3.63) is 59.7 Å². The van der Waals surface area contributed by atoms with Crippen LogP contribution in [0.15, 0.2) is 48.5 Å². The van der Waals surface area contributed by atoms with Crippen molar-refractivity contribution in [2.24, 2.45) is 5.73 Å². The quantitative estimate of drug-likeness (QED) is 0.937. The largest absolute Gasteiger partial charge is 0.573 e. The molecule has 0 aliphatic rings. The van der Waals surface area contributed by atoms with E-state index in [1.165, 1.54) is 24.3 Å². The fourth-order valence-corrected chi connectivity index (χ4v) is 1.90. The van der Waals surface area contributed by atoms with Crippen LogP contribution in [0.1, 0.15) is 17.2 Å². The Morgan fingerprint density at radius 1 is 0.952 bits per heavy atom. The summed E-state index contributed by atoms with van der Waals surface area (Å²) >= 11 is 0. The van der Waals surface area contributed by atoms with Gasteiger partial charge in [-0.2, -0.15) is 0 Å². The van der Waals surface area contributed by atoms with E-state index in [9.17, 15) is 13.2 Å². The molecule has 0 spiro atoms. The molecule has 2 N–H and O–H groups in total. The minimum absolute atomic E-state index is 0.274. The molecule has 0 saturated carbocycles. The number of nitrogens with two attached hydrogens (primary N) is 1. The molecular weight excluding hydrogens is 283 g/mol. The molecule has 6 heteroatoms. The highest BCUT2D eigenvalue weighted by Gasteiger charge is 2.31. The summed E-state index contributed by atoms with van der Waals surface area (Å²) in [6, 6.07) is 12.2. The summed E-state index contributed by atoms with van der Waals surface area (Å²) in [5.74, 6) is 0.393. The lowest BCUT2D eigenvalue weighted by atomic mass is 9.99. The monoisotopic (exact) mass is 297 g/mol. The van der Waals surface area contributed by atoms with E-state index >= 15 is 0 Å². The fourth-order valence-electron chi connectivity index (χ4n) is 1.90. The summed E-state index contributed by atoms with van der Waals surface area (Å²) in [6.07, 6.45) is -4.70. The Balaban J connectivity index is 2.17. The first-order valence-corrected chi connectivity index (χ1v) is 6.14. The summed E-state index contributed by atoms with van der Waals surface area (Å²) in [6.45, 7) is 0. The predicted octanol–water partition coefficient (Wildman–Crippen LogP) is 3.64. The van der Waals surface area contributed by atoms with E-state index in [-0.39, 0.29) is 5.75 Å². The first-order valence-electron chi connectivity index (χ1n) is 6.14. The van der Waals surface area contributed by atoms with Crippen LogP contribution in [0.2, 0.25) is 0 Å². The maximum Gasteiger partial charge on any atom is 0.573 e. The van der Waals surface area contributed by atoms with E-state index in [4.69, 9.17) is 10.5 Å². The Kier molecular flexibility index (Phi) is 4.37. The average Bonchev–Trinajstić information content (AvgIpc) is 2.46. The zero-order chi connectivity index (χ0) is 15.5. The van der Waals surface area contributed by atoms with Crippen molar-refractivity contribution in [1.82, 2.24) is 0 Å². The molecule has 2 aromatic carbocycles. The number of hydrogen-bond donors (Lipinski definition) is 1. The van der Waals surface area contributed by atoms with Crippen LogP contribution in [0.3, 0.4) is 0 Å². The predicted molar refractivity (Wildman–Crippen MR) is 72.1 cm³/mol. The molecule has 0 aromatic heterocycles. The smallest absolute Gasteiger partial charge is 0.497 e. The number of methoxy groups -OCH3 is 1. The van der Waals surface area contributed by atoms with E-state index in [1.807, 2.05) is 6.07 Å². The lowest BCUT2D eigenvalue weighted by Crippen LogP contribution is -2.17. The van der Waals surface area contributed by atoms with Crippen molar-refractivity contribution >= 4 is 0 Å². The highest BCUT2D eigenvalue weighted by Crippen LogP contribution is 2.27. The van der Waals surface area contributed by atoms with Gasteiger partial charge >= 0.3 is 6.36 Å². The van der Waals surface area contributed by atoms with Gasteiger partial charge in [-0.3, -0.25) is 0 Å². The Hall–Kier alpha value is -2.21. The first kappa shape index (κ1) is 15.2. The summed E-state index contributed by atoms with van der Waals surface area (Å²) < 4.78 is 45.2. The van der Waals surface area contributed by atoms with Crippen molar-refractivity contribution in [2.45, 2.75) is 12.4 Å². The molecular formula is C15H14F3NO2. The number of hydrogen-bond acceptors (Lipinski definition) is 3. The van der Waals surface area contributed by atoms with Crippen LogP contribution in [0.4, 0.5) is 13.2 Å². The van der Waals surface area contributed by atoms with Gasteiger partial charge in [0.2, 0.25) is 0 Å². The molecule has 0 radical (unpaired) electrons. The van der Waals surface area contributed by atoms with E-state index < -0.39 is 12.4 Å². The lowest BCUT2D eigenvalue weighted by molar-refractivity contribution is -0.274. The van der Waals surface area contributed by atoms with Gasteiger partial charge in [-0.15, -0.1) is 13.2 Å². The van der Waals surface area contributed by atoms with E-state index in [0.717, 1.165) is 5.56 Å². The van der Waals surface area contributed by atoms with Crippen LogP contribution in [-0.4, -0.2) is 13.5 Å². The first-order chi connectivity index (χ1) is 9.89. The van der Waals surface area contributed by atoms with Gasteiger partial charge in [0, 0.05) is 0 Å². The van der Waals surface area contributed by atoms with Crippen LogP contribution in [0.5, 0.6) is 11.5 Å². The lowest BCUT2D eigenvalue weighted by Gasteiger charge is -2.15. The van der Waals surface area contributed by atoms with Gasteiger partial charge in [0.25, 0.3) is 0 Å². The zero-order valence-electron chi connectivity index (χ0n) is 11.2. The van der Waals surface area contributed by atoms with E-state index in [2.05, 4.69) is 4.74 Å². The van der Waals surface area contributed by atoms with Crippen molar-refractivity contribution in [1.29, 1.82) is 0 Å². The Morgan fingerprint density at radius 2 is 1.62 bits per heavy atom. The summed E-state index contributed by atoms with van der Waals surface area (Å²) in [7, 11) is 1.55. The SMILES string of the molecule is COc1cccc([C@H](N)c2ccc(OC(F)(F)F)cc2)c1. The fraction of sp³-hybridized carbons (Fsp3) is 0.200. The molecule has 0 aliphatic heterocycles. The van der Waals surface area contributed by atoms with Crippen molar-refractivity contribution in [2.75, 3.05) is 7.11 Å². The maximum atomic E-state index is 12.1. The highest BCUT2D eigenvalue weighted by atomic mass is 19.4. The van der Waals surface area contributed by atoms with Gasteiger partial charge < -0.3 is 15.2 Å². The average molecular weight is 297 g/mol. The molecule has 112 valence electrons. The number of alkyl halides is 3. The Morgan fingerprint density at radius 3 is 2.19 bits per heavy atom.